The highest BCUT2D eigenvalue weighted by Gasteiger charge is 2.04. The van der Waals surface area contributed by atoms with Crippen LogP contribution in [0.2, 0.25) is 0 Å². The molecule has 4 heteroatoms. The highest BCUT2D eigenvalue weighted by atomic mass is 32.1. The van der Waals surface area contributed by atoms with Gasteiger partial charge in [-0.2, -0.15) is 0 Å². The average molecular weight is 292 g/mol. The summed E-state index contributed by atoms with van der Waals surface area (Å²) in [5.41, 5.74) is 2.58. The largest absolute Gasteiger partial charge is 0.322 e. The van der Waals surface area contributed by atoms with Gasteiger partial charge in [0, 0.05) is 16.2 Å². The van der Waals surface area contributed by atoms with Crippen molar-refractivity contribution in [2.24, 2.45) is 0 Å². The summed E-state index contributed by atoms with van der Waals surface area (Å²) in [6, 6.07) is 5.65. The molecule has 1 heterocycles. The van der Waals surface area contributed by atoms with Gasteiger partial charge in [-0.3, -0.25) is 4.79 Å². The Morgan fingerprint density at radius 3 is 2.45 bits per heavy atom. The number of carbonyl (C=O) groups is 1. The summed E-state index contributed by atoms with van der Waals surface area (Å²) in [6.07, 6.45) is 4.56. The number of hydrogen-bond acceptors (Lipinski definition) is 3. The van der Waals surface area contributed by atoms with Crippen LogP contribution in [0.5, 0.6) is 0 Å². The molecule has 20 heavy (non-hydrogen) atoms. The summed E-state index contributed by atoms with van der Waals surface area (Å²) in [6.45, 7) is 8.10. The van der Waals surface area contributed by atoms with Gasteiger partial charge in [-0.15, -0.1) is 12.6 Å². The van der Waals surface area contributed by atoms with Crippen molar-refractivity contribution < 1.29 is 4.79 Å². The van der Waals surface area contributed by atoms with Gasteiger partial charge in [-0.05, 0) is 64.4 Å². The number of rotatable bonds is 2. The first-order valence-electron chi connectivity index (χ1n) is 6.99. The molecule has 1 fully saturated rings. The van der Waals surface area contributed by atoms with Gasteiger partial charge in [-0.25, -0.2) is 0 Å². The molecule has 1 aromatic rings. The number of carbonyl (C=O) groups excluding carboxylic acids is 1. The molecule has 0 aliphatic carbocycles. The van der Waals surface area contributed by atoms with E-state index in [2.05, 4.69) is 23.3 Å². The Morgan fingerprint density at radius 1 is 1.35 bits per heavy atom. The molecule has 0 bridgehead atoms. The molecule has 1 aliphatic heterocycles. The molecule has 2 N–H and O–H groups in total. The van der Waals surface area contributed by atoms with E-state index in [1.54, 1.807) is 13.0 Å². The number of benzene rings is 1. The smallest absolute Gasteiger partial charge is 0.250 e. The zero-order valence-corrected chi connectivity index (χ0v) is 13.4. The number of aryl methyl sites for hydroxylation is 1. The van der Waals surface area contributed by atoms with E-state index in [1.807, 2.05) is 32.0 Å². The lowest BCUT2D eigenvalue weighted by atomic mass is 10.2. The van der Waals surface area contributed by atoms with Crippen molar-refractivity contribution in [2.45, 2.75) is 38.5 Å². The van der Waals surface area contributed by atoms with Crippen molar-refractivity contribution in [2.75, 3.05) is 18.4 Å². The summed E-state index contributed by atoms with van der Waals surface area (Å²) in [5, 5.41) is 6.03. The number of thiol groups is 1. The van der Waals surface area contributed by atoms with E-state index in [9.17, 15) is 4.79 Å². The Morgan fingerprint density at radius 2 is 2.00 bits per heavy atom. The van der Waals surface area contributed by atoms with Gasteiger partial charge >= 0.3 is 0 Å². The number of nitrogens with one attached hydrogen (secondary N) is 2. The molecule has 1 aliphatic rings. The molecule has 0 atom stereocenters. The fraction of sp³-hybridized carbons (Fsp3) is 0.438. The normalized spacial score (nSPS) is 14.5. The van der Waals surface area contributed by atoms with Crippen molar-refractivity contribution in [3.8, 4) is 0 Å². The molecule has 2 rings (SSSR count). The van der Waals surface area contributed by atoms with Crippen LogP contribution in [0.15, 0.2) is 34.7 Å². The second-order valence-electron chi connectivity index (χ2n) is 4.88. The molecule has 1 amide bonds. The topological polar surface area (TPSA) is 41.1 Å². The zero-order valence-electron chi connectivity index (χ0n) is 12.5. The van der Waals surface area contributed by atoms with Gasteiger partial charge in [0.25, 0.3) is 5.91 Å². The Labute approximate surface area is 127 Å². The van der Waals surface area contributed by atoms with Gasteiger partial charge in [0.15, 0.2) is 0 Å². The molecule has 0 spiro atoms. The van der Waals surface area contributed by atoms with E-state index < -0.39 is 0 Å². The summed E-state index contributed by atoms with van der Waals surface area (Å²) < 4.78 is 0. The number of allylic oxidation sites excluding steroid dienone is 1. The predicted octanol–water partition coefficient (Wildman–Crippen LogP) is 3.56. The zero-order chi connectivity index (χ0) is 15.0. The van der Waals surface area contributed by atoms with Crippen LogP contribution in [0, 0.1) is 6.92 Å². The van der Waals surface area contributed by atoms with Crippen LogP contribution in [0.25, 0.3) is 0 Å². The van der Waals surface area contributed by atoms with Crippen LogP contribution in [-0.2, 0) is 4.79 Å². The van der Waals surface area contributed by atoms with Crippen molar-refractivity contribution in [1.29, 1.82) is 0 Å². The summed E-state index contributed by atoms with van der Waals surface area (Å²) in [7, 11) is 0. The quantitative estimate of drug-likeness (QED) is 0.576. The monoisotopic (exact) mass is 292 g/mol. The minimum absolute atomic E-state index is 0.0749. The third-order valence-electron chi connectivity index (χ3n) is 3.22. The fourth-order valence-electron chi connectivity index (χ4n) is 1.67. The first-order chi connectivity index (χ1) is 9.54. The Hall–Kier alpha value is -1.26. The Bertz CT molecular complexity index is 472. The molecular weight excluding hydrogens is 268 g/mol. The van der Waals surface area contributed by atoms with Gasteiger partial charge in [0.1, 0.15) is 0 Å². The summed E-state index contributed by atoms with van der Waals surface area (Å²) in [4.78, 5) is 12.4. The molecule has 1 saturated heterocycles. The molecule has 110 valence electrons. The molecule has 0 radical (unpaired) electrons. The SMILES string of the molecule is C/C=C(\C)C(=O)Nc1ccc(C)c(S)c1.C1CCNC1. The fourth-order valence-corrected chi connectivity index (χ4v) is 1.89. The second kappa shape index (κ2) is 8.82. The van der Waals surface area contributed by atoms with Crippen molar-refractivity contribution in [1.82, 2.24) is 5.32 Å². The molecule has 1 aromatic carbocycles. The molecule has 0 aromatic heterocycles. The summed E-state index contributed by atoms with van der Waals surface area (Å²) >= 11 is 4.30. The Kier molecular flexibility index (Phi) is 7.41. The highest BCUT2D eigenvalue weighted by Crippen LogP contribution is 2.18. The van der Waals surface area contributed by atoms with Crippen LogP contribution in [-0.4, -0.2) is 19.0 Å². The Balaban J connectivity index is 0.000000333. The first-order valence-corrected chi connectivity index (χ1v) is 7.44. The van der Waals surface area contributed by atoms with Crippen LogP contribution in [0.3, 0.4) is 0 Å². The van der Waals surface area contributed by atoms with Gasteiger partial charge in [-0.1, -0.05) is 12.1 Å². The lowest BCUT2D eigenvalue weighted by Gasteiger charge is -2.07. The minimum Gasteiger partial charge on any atom is -0.322 e. The van der Waals surface area contributed by atoms with E-state index in [0.29, 0.717) is 5.57 Å². The molecule has 3 nitrogen and oxygen atoms in total. The highest BCUT2D eigenvalue weighted by molar-refractivity contribution is 7.80. The summed E-state index contributed by atoms with van der Waals surface area (Å²) in [5.74, 6) is -0.0749. The van der Waals surface area contributed by atoms with Gasteiger partial charge in [0.2, 0.25) is 0 Å². The third kappa shape index (κ3) is 5.80. The second-order valence-corrected chi connectivity index (χ2v) is 5.37. The van der Waals surface area contributed by atoms with Gasteiger partial charge in [0.05, 0.1) is 0 Å². The maximum Gasteiger partial charge on any atom is 0.250 e. The molecular formula is C16H24N2OS. The van der Waals surface area contributed by atoms with Crippen molar-refractivity contribution in [3.05, 3.63) is 35.4 Å². The average Bonchev–Trinajstić information content (AvgIpc) is 3.01. The standard InChI is InChI=1S/C12H15NOS.C4H9N/c1-4-8(2)12(14)13-10-6-5-9(3)11(15)7-10;1-2-4-5-3-1/h4-7,15H,1-3H3,(H,13,14);5H,1-4H2/b8-4+;. The molecule has 0 unspecified atom stereocenters. The van der Waals surface area contributed by atoms with Gasteiger partial charge < -0.3 is 10.6 Å². The van der Waals surface area contributed by atoms with Crippen molar-refractivity contribution in [3.63, 3.8) is 0 Å². The van der Waals surface area contributed by atoms with E-state index in [4.69, 9.17) is 0 Å². The van der Waals surface area contributed by atoms with E-state index in [-0.39, 0.29) is 5.91 Å². The van der Waals surface area contributed by atoms with E-state index in [1.165, 1.54) is 25.9 Å². The van der Waals surface area contributed by atoms with E-state index >= 15 is 0 Å². The number of anilines is 1. The lowest BCUT2D eigenvalue weighted by Crippen LogP contribution is -2.12. The van der Waals surface area contributed by atoms with E-state index in [0.717, 1.165) is 16.1 Å². The van der Waals surface area contributed by atoms with Crippen LogP contribution in [0.4, 0.5) is 5.69 Å². The number of hydrogen-bond donors (Lipinski definition) is 3. The predicted molar refractivity (Wildman–Crippen MR) is 88.6 cm³/mol. The maximum atomic E-state index is 11.5. The molecule has 0 saturated carbocycles. The minimum atomic E-state index is -0.0749. The van der Waals surface area contributed by atoms with Crippen LogP contribution in [0.1, 0.15) is 32.3 Å². The first kappa shape index (κ1) is 16.8. The van der Waals surface area contributed by atoms with Crippen LogP contribution >= 0.6 is 12.6 Å². The van der Waals surface area contributed by atoms with Crippen molar-refractivity contribution >= 4 is 24.2 Å². The third-order valence-corrected chi connectivity index (χ3v) is 3.70. The van der Waals surface area contributed by atoms with Crippen LogP contribution < -0.4 is 10.6 Å². The lowest BCUT2D eigenvalue weighted by molar-refractivity contribution is -0.112. The maximum absolute atomic E-state index is 11.5. The number of amides is 1.